The van der Waals surface area contributed by atoms with Gasteiger partial charge in [-0.15, -0.1) is 0 Å². The molecule has 0 atom stereocenters. The number of hydrogen-bond donors (Lipinski definition) is 0. The second kappa shape index (κ2) is 4.93. The molecule has 1 aromatic rings. The Morgan fingerprint density at radius 3 is 2.40 bits per heavy atom. The van der Waals surface area contributed by atoms with Crippen LogP contribution in [-0.4, -0.2) is 13.4 Å². The number of benzene rings is 1. The summed E-state index contributed by atoms with van der Waals surface area (Å²) in [5, 5.41) is 0. The molecule has 0 fully saturated rings. The Hall–Kier alpha value is -0.630. The lowest BCUT2D eigenvalue weighted by Crippen LogP contribution is -2.11. The molecule has 15 heavy (non-hydrogen) atoms. The standard InChI is InChI=1S/C13H20OS/c1-13(2,3)11-6-7-12(14-4)10(8-11)9-15-5/h6-8H,9H2,1-5H3. The van der Waals surface area contributed by atoms with Gasteiger partial charge in [0.25, 0.3) is 0 Å². The quantitative estimate of drug-likeness (QED) is 0.771. The summed E-state index contributed by atoms with van der Waals surface area (Å²) in [5.74, 6) is 2.00. The fraction of sp³-hybridized carbons (Fsp3) is 0.538. The third-order valence-corrected chi connectivity index (χ3v) is 3.05. The van der Waals surface area contributed by atoms with Gasteiger partial charge in [-0.3, -0.25) is 0 Å². The van der Waals surface area contributed by atoms with Gasteiger partial charge >= 0.3 is 0 Å². The van der Waals surface area contributed by atoms with E-state index in [0.717, 1.165) is 11.5 Å². The van der Waals surface area contributed by atoms with Crippen LogP contribution >= 0.6 is 11.8 Å². The Bertz CT molecular complexity index is 326. The molecule has 0 aliphatic rings. The van der Waals surface area contributed by atoms with E-state index in [-0.39, 0.29) is 5.41 Å². The molecule has 0 heterocycles. The maximum Gasteiger partial charge on any atom is 0.122 e. The van der Waals surface area contributed by atoms with Crippen LogP contribution in [0.4, 0.5) is 0 Å². The van der Waals surface area contributed by atoms with Crippen LogP contribution in [0.1, 0.15) is 31.9 Å². The largest absolute Gasteiger partial charge is 0.496 e. The van der Waals surface area contributed by atoms with Crippen molar-refractivity contribution < 1.29 is 4.74 Å². The van der Waals surface area contributed by atoms with Crippen molar-refractivity contribution in [3.63, 3.8) is 0 Å². The Kier molecular flexibility index (Phi) is 4.09. The van der Waals surface area contributed by atoms with E-state index in [9.17, 15) is 0 Å². The van der Waals surface area contributed by atoms with E-state index in [0.29, 0.717) is 0 Å². The third kappa shape index (κ3) is 3.16. The molecule has 0 aliphatic carbocycles. The molecule has 0 N–H and O–H groups in total. The van der Waals surface area contributed by atoms with Crippen LogP contribution in [0.3, 0.4) is 0 Å². The Morgan fingerprint density at radius 2 is 1.93 bits per heavy atom. The molecule has 0 radical (unpaired) electrons. The average Bonchev–Trinajstić information content (AvgIpc) is 2.17. The van der Waals surface area contributed by atoms with Crippen LogP contribution in [0.25, 0.3) is 0 Å². The summed E-state index contributed by atoms with van der Waals surface area (Å²) < 4.78 is 5.35. The lowest BCUT2D eigenvalue weighted by Gasteiger charge is -2.21. The van der Waals surface area contributed by atoms with E-state index >= 15 is 0 Å². The number of ether oxygens (including phenoxy) is 1. The third-order valence-electron chi connectivity index (χ3n) is 2.45. The predicted octanol–water partition coefficient (Wildman–Crippen LogP) is 3.86. The molecule has 0 saturated carbocycles. The van der Waals surface area contributed by atoms with Gasteiger partial charge in [0, 0.05) is 11.3 Å². The zero-order chi connectivity index (χ0) is 11.5. The molecule has 1 aromatic carbocycles. The van der Waals surface area contributed by atoms with Crippen LogP contribution in [0.5, 0.6) is 5.75 Å². The Morgan fingerprint density at radius 1 is 1.27 bits per heavy atom. The van der Waals surface area contributed by atoms with Crippen molar-refractivity contribution in [1.82, 2.24) is 0 Å². The summed E-state index contributed by atoms with van der Waals surface area (Å²) in [6.07, 6.45) is 2.11. The number of methoxy groups -OCH3 is 1. The van der Waals surface area contributed by atoms with Crippen LogP contribution in [0.15, 0.2) is 18.2 Å². The van der Waals surface area contributed by atoms with Gasteiger partial charge in [-0.2, -0.15) is 11.8 Å². The summed E-state index contributed by atoms with van der Waals surface area (Å²) in [4.78, 5) is 0. The first-order valence-electron chi connectivity index (χ1n) is 5.15. The van der Waals surface area contributed by atoms with E-state index in [1.807, 2.05) is 11.8 Å². The van der Waals surface area contributed by atoms with Crippen LogP contribution in [-0.2, 0) is 11.2 Å². The van der Waals surface area contributed by atoms with Crippen LogP contribution < -0.4 is 4.74 Å². The maximum atomic E-state index is 5.35. The van der Waals surface area contributed by atoms with Gasteiger partial charge < -0.3 is 4.74 Å². The molecular weight excluding hydrogens is 204 g/mol. The number of hydrogen-bond acceptors (Lipinski definition) is 2. The normalized spacial score (nSPS) is 11.5. The molecule has 0 unspecified atom stereocenters. The second-order valence-electron chi connectivity index (χ2n) is 4.71. The highest BCUT2D eigenvalue weighted by atomic mass is 32.2. The number of thioether (sulfide) groups is 1. The smallest absolute Gasteiger partial charge is 0.122 e. The molecule has 0 saturated heterocycles. The molecule has 2 heteroatoms. The van der Waals surface area contributed by atoms with Crippen molar-refractivity contribution in [3.05, 3.63) is 29.3 Å². The lowest BCUT2D eigenvalue weighted by molar-refractivity contribution is 0.410. The molecule has 0 aromatic heterocycles. The van der Waals surface area contributed by atoms with Crippen LogP contribution in [0.2, 0.25) is 0 Å². The second-order valence-corrected chi connectivity index (χ2v) is 5.58. The fourth-order valence-corrected chi connectivity index (χ4v) is 2.05. The molecule has 1 nitrogen and oxygen atoms in total. The molecule has 1 rings (SSSR count). The first-order chi connectivity index (χ1) is 6.99. The van der Waals surface area contributed by atoms with E-state index in [4.69, 9.17) is 4.74 Å². The summed E-state index contributed by atoms with van der Waals surface area (Å²) in [5.41, 5.74) is 2.86. The maximum absolute atomic E-state index is 5.35. The number of rotatable bonds is 3. The lowest BCUT2D eigenvalue weighted by atomic mass is 9.86. The van der Waals surface area contributed by atoms with Crippen molar-refractivity contribution in [2.24, 2.45) is 0 Å². The Labute approximate surface area is 97.2 Å². The van der Waals surface area contributed by atoms with Gasteiger partial charge in [-0.25, -0.2) is 0 Å². The van der Waals surface area contributed by atoms with Crippen molar-refractivity contribution >= 4 is 11.8 Å². The van der Waals surface area contributed by atoms with Gasteiger partial charge in [-0.05, 0) is 23.3 Å². The molecule has 84 valence electrons. The van der Waals surface area contributed by atoms with Crippen molar-refractivity contribution in [1.29, 1.82) is 0 Å². The molecule has 0 bridgehead atoms. The molecule has 0 aliphatic heterocycles. The average molecular weight is 224 g/mol. The molecule has 0 amide bonds. The van der Waals surface area contributed by atoms with Crippen LogP contribution in [0, 0.1) is 0 Å². The SMILES string of the molecule is COc1ccc(C(C)(C)C)cc1CSC. The van der Waals surface area contributed by atoms with E-state index in [1.54, 1.807) is 7.11 Å². The fourth-order valence-electron chi connectivity index (χ4n) is 1.51. The summed E-state index contributed by atoms with van der Waals surface area (Å²) in [6.45, 7) is 6.70. The molecular formula is C13H20OS. The highest BCUT2D eigenvalue weighted by Gasteiger charge is 2.15. The van der Waals surface area contributed by atoms with Gasteiger partial charge in [-0.1, -0.05) is 32.9 Å². The minimum absolute atomic E-state index is 0.208. The van der Waals surface area contributed by atoms with E-state index in [1.165, 1.54) is 11.1 Å². The van der Waals surface area contributed by atoms with Gasteiger partial charge in [0.05, 0.1) is 7.11 Å². The first kappa shape index (κ1) is 12.4. The summed E-state index contributed by atoms with van der Waals surface area (Å²) in [7, 11) is 1.73. The highest BCUT2D eigenvalue weighted by Crippen LogP contribution is 2.29. The minimum Gasteiger partial charge on any atom is -0.496 e. The van der Waals surface area contributed by atoms with E-state index < -0.39 is 0 Å². The molecule has 0 spiro atoms. The summed E-state index contributed by atoms with van der Waals surface area (Å²) in [6, 6.07) is 6.49. The minimum atomic E-state index is 0.208. The first-order valence-corrected chi connectivity index (χ1v) is 6.54. The van der Waals surface area contributed by atoms with Crippen molar-refractivity contribution in [2.45, 2.75) is 31.9 Å². The zero-order valence-electron chi connectivity index (χ0n) is 10.3. The van der Waals surface area contributed by atoms with Gasteiger partial charge in [0.15, 0.2) is 0 Å². The predicted molar refractivity (Wildman–Crippen MR) is 68.9 cm³/mol. The summed E-state index contributed by atoms with van der Waals surface area (Å²) >= 11 is 1.82. The zero-order valence-corrected chi connectivity index (χ0v) is 11.1. The monoisotopic (exact) mass is 224 g/mol. The van der Waals surface area contributed by atoms with Crippen molar-refractivity contribution in [2.75, 3.05) is 13.4 Å². The Balaban J connectivity index is 3.10. The van der Waals surface area contributed by atoms with E-state index in [2.05, 4.69) is 45.2 Å². The van der Waals surface area contributed by atoms with Crippen molar-refractivity contribution in [3.8, 4) is 5.75 Å². The van der Waals surface area contributed by atoms with Gasteiger partial charge in [0.2, 0.25) is 0 Å². The van der Waals surface area contributed by atoms with Gasteiger partial charge in [0.1, 0.15) is 5.75 Å². The highest BCUT2D eigenvalue weighted by molar-refractivity contribution is 7.97. The topological polar surface area (TPSA) is 9.23 Å².